The summed E-state index contributed by atoms with van der Waals surface area (Å²) in [7, 11) is 1.83. The Bertz CT molecular complexity index is 621. The lowest BCUT2D eigenvalue weighted by Gasteiger charge is -2.23. The number of likely N-dealkylation sites (N-methyl/N-ethyl adjacent to an activating group) is 1. The Kier molecular flexibility index (Phi) is 5.58. The van der Waals surface area contributed by atoms with Crippen molar-refractivity contribution >= 4 is 28.7 Å². The van der Waals surface area contributed by atoms with Crippen LogP contribution >= 0.6 is 22.7 Å². The van der Waals surface area contributed by atoms with E-state index in [1.165, 1.54) is 15.3 Å². The molecule has 0 saturated carbocycles. The van der Waals surface area contributed by atoms with Gasteiger partial charge in [-0.3, -0.25) is 0 Å². The molecule has 0 bridgehead atoms. The molecule has 0 fully saturated rings. The fourth-order valence-corrected chi connectivity index (χ4v) is 4.22. The third-order valence-electron chi connectivity index (χ3n) is 3.65. The highest BCUT2D eigenvalue weighted by molar-refractivity contribution is 7.12. The number of thiazole rings is 1. The number of nitrogens with one attached hydrogen (secondary N) is 1. The molecule has 2 aromatic rings. The van der Waals surface area contributed by atoms with Gasteiger partial charge in [0.2, 0.25) is 0 Å². The van der Waals surface area contributed by atoms with Crippen LogP contribution in [0.4, 0.5) is 4.79 Å². The molecule has 0 radical (unpaired) electrons. The molecule has 0 aromatic carbocycles. The van der Waals surface area contributed by atoms with E-state index in [0.717, 1.165) is 5.01 Å². The molecule has 0 spiro atoms. The van der Waals surface area contributed by atoms with Crippen molar-refractivity contribution in [3.63, 3.8) is 0 Å². The maximum absolute atomic E-state index is 12.4. The van der Waals surface area contributed by atoms with Gasteiger partial charge in [0.15, 0.2) is 0 Å². The predicted octanol–water partition coefficient (Wildman–Crippen LogP) is 4.33. The summed E-state index contributed by atoms with van der Waals surface area (Å²) in [6.45, 7) is 8.98. The highest BCUT2D eigenvalue weighted by Gasteiger charge is 2.19. The fraction of sp³-hybridized carbons (Fsp3) is 0.500. The maximum atomic E-state index is 12.4. The van der Waals surface area contributed by atoms with Crippen LogP contribution in [0.25, 0.3) is 0 Å². The third-order valence-corrected chi connectivity index (χ3v) is 5.64. The molecule has 0 aliphatic rings. The molecule has 2 atom stereocenters. The summed E-state index contributed by atoms with van der Waals surface area (Å²) in [5.74, 6) is 0.246. The maximum Gasteiger partial charge on any atom is 0.317 e. The third kappa shape index (κ3) is 4.08. The number of aryl methyl sites for hydroxylation is 2. The van der Waals surface area contributed by atoms with Gasteiger partial charge < -0.3 is 10.2 Å². The van der Waals surface area contributed by atoms with Crippen molar-refractivity contribution in [2.24, 2.45) is 0 Å². The van der Waals surface area contributed by atoms with E-state index in [0.29, 0.717) is 6.54 Å². The smallest absolute Gasteiger partial charge is 0.317 e. The van der Waals surface area contributed by atoms with Crippen molar-refractivity contribution in [2.45, 2.75) is 39.7 Å². The van der Waals surface area contributed by atoms with E-state index >= 15 is 0 Å². The molecule has 22 heavy (non-hydrogen) atoms. The van der Waals surface area contributed by atoms with Crippen LogP contribution in [0.3, 0.4) is 0 Å². The zero-order valence-corrected chi connectivity index (χ0v) is 15.3. The fourth-order valence-electron chi connectivity index (χ4n) is 2.50. The number of nitrogens with zero attached hydrogens (tertiary/aromatic N) is 2. The van der Waals surface area contributed by atoms with Gasteiger partial charge >= 0.3 is 6.03 Å². The molecule has 0 aliphatic heterocycles. The lowest BCUT2D eigenvalue weighted by molar-refractivity contribution is 0.203. The van der Waals surface area contributed by atoms with E-state index in [9.17, 15) is 4.79 Å². The van der Waals surface area contributed by atoms with E-state index in [4.69, 9.17) is 0 Å². The number of amides is 2. The molecule has 120 valence electrons. The van der Waals surface area contributed by atoms with Gasteiger partial charge in [0.1, 0.15) is 0 Å². The highest BCUT2D eigenvalue weighted by Crippen LogP contribution is 2.26. The minimum absolute atomic E-state index is 0.0232. The topological polar surface area (TPSA) is 45.2 Å². The number of carbonyl (C=O) groups is 1. The molecule has 2 aromatic heterocycles. The Labute approximate surface area is 140 Å². The standard InChI is InChI=1S/C16H23N3OS2/c1-10(15-17-6-7-21-15)9-19(5)16(20)18-12(3)14-8-11(2)22-13(14)4/h6-8,10,12H,9H2,1-5H3,(H,18,20). The van der Waals surface area contributed by atoms with Crippen LogP contribution in [0.5, 0.6) is 0 Å². The molecule has 4 nitrogen and oxygen atoms in total. The summed E-state index contributed by atoms with van der Waals surface area (Å²) in [6, 6.07) is 2.14. The van der Waals surface area contributed by atoms with Crippen molar-refractivity contribution in [1.29, 1.82) is 0 Å². The molecule has 6 heteroatoms. The number of aromatic nitrogens is 1. The normalized spacial score (nSPS) is 13.7. The van der Waals surface area contributed by atoms with Crippen LogP contribution in [-0.2, 0) is 0 Å². The van der Waals surface area contributed by atoms with Crippen molar-refractivity contribution < 1.29 is 4.79 Å². The first kappa shape index (κ1) is 17.0. The molecule has 2 unspecified atom stereocenters. The molecule has 0 saturated heterocycles. The van der Waals surface area contributed by atoms with Gasteiger partial charge in [0.25, 0.3) is 0 Å². The Balaban J connectivity index is 1.92. The van der Waals surface area contributed by atoms with E-state index in [-0.39, 0.29) is 18.0 Å². The molecule has 0 aliphatic carbocycles. The Hall–Kier alpha value is -1.40. The van der Waals surface area contributed by atoms with E-state index in [2.05, 4.69) is 37.1 Å². The monoisotopic (exact) mass is 337 g/mol. The summed E-state index contributed by atoms with van der Waals surface area (Å²) in [5.41, 5.74) is 1.21. The van der Waals surface area contributed by atoms with E-state index in [1.54, 1.807) is 33.8 Å². The Morgan fingerprint density at radius 1 is 1.41 bits per heavy atom. The lowest BCUT2D eigenvalue weighted by Crippen LogP contribution is -2.40. The number of thiophene rings is 1. The van der Waals surface area contributed by atoms with Crippen molar-refractivity contribution in [3.8, 4) is 0 Å². The molecule has 1 N–H and O–H groups in total. The zero-order valence-electron chi connectivity index (χ0n) is 13.7. The lowest BCUT2D eigenvalue weighted by atomic mass is 10.1. The first-order valence-corrected chi connectivity index (χ1v) is 9.06. The number of urea groups is 1. The number of hydrogen-bond donors (Lipinski definition) is 1. The molecule has 2 rings (SSSR count). The predicted molar refractivity (Wildman–Crippen MR) is 93.9 cm³/mol. The summed E-state index contributed by atoms with van der Waals surface area (Å²) < 4.78 is 0. The van der Waals surface area contributed by atoms with Crippen LogP contribution in [-0.4, -0.2) is 29.5 Å². The molecule has 2 amide bonds. The first-order valence-electron chi connectivity index (χ1n) is 7.36. The van der Waals surface area contributed by atoms with Crippen LogP contribution in [0.2, 0.25) is 0 Å². The minimum atomic E-state index is -0.0424. The van der Waals surface area contributed by atoms with E-state index < -0.39 is 0 Å². The van der Waals surface area contributed by atoms with Gasteiger partial charge in [-0.15, -0.1) is 22.7 Å². The van der Waals surface area contributed by atoms with E-state index in [1.807, 2.05) is 19.4 Å². The zero-order chi connectivity index (χ0) is 16.3. The SMILES string of the molecule is Cc1cc(C(C)NC(=O)N(C)CC(C)c2nccs2)c(C)s1. The first-order chi connectivity index (χ1) is 10.4. The second-order valence-electron chi connectivity index (χ2n) is 5.69. The van der Waals surface area contributed by atoms with Crippen LogP contribution < -0.4 is 5.32 Å². The number of rotatable bonds is 5. The number of hydrogen-bond acceptors (Lipinski definition) is 4. The summed E-state index contributed by atoms with van der Waals surface area (Å²) in [4.78, 5) is 20.9. The summed E-state index contributed by atoms with van der Waals surface area (Å²) in [6.07, 6.45) is 1.81. The van der Waals surface area contributed by atoms with Gasteiger partial charge in [-0.05, 0) is 32.4 Å². The second kappa shape index (κ2) is 7.24. The van der Waals surface area contributed by atoms with Crippen molar-refractivity contribution in [2.75, 3.05) is 13.6 Å². The van der Waals surface area contributed by atoms with Gasteiger partial charge in [0, 0.05) is 40.8 Å². The minimum Gasteiger partial charge on any atom is -0.331 e. The summed E-state index contributed by atoms with van der Waals surface area (Å²) in [5, 5.41) is 6.11. The highest BCUT2D eigenvalue weighted by atomic mass is 32.1. The van der Waals surface area contributed by atoms with Crippen molar-refractivity contribution in [3.05, 3.63) is 38.0 Å². The average molecular weight is 338 g/mol. The average Bonchev–Trinajstić information content (AvgIpc) is 3.08. The van der Waals surface area contributed by atoms with Crippen LogP contribution in [0, 0.1) is 13.8 Å². The molecular formula is C16H23N3OS2. The molecular weight excluding hydrogens is 314 g/mol. The second-order valence-corrected chi connectivity index (χ2v) is 8.08. The Morgan fingerprint density at radius 3 is 2.68 bits per heavy atom. The quantitative estimate of drug-likeness (QED) is 0.883. The van der Waals surface area contributed by atoms with Crippen LogP contribution in [0.1, 0.15) is 46.1 Å². The van der Waals surface area contributed by atoms with Gasteiger partial charge in [-0.25, -0.2) is 9.78 Å². The van der Waals surface area contributed by atoms with Gasteiger partial charge in [0.05, 0.1) is 11.0 Å². The molecule has 2 heterocycles. The Morgan fingerprint density at radius 2 is 2.14 bits per heavy atom. The van der Waals surface area contributed by atoms with Gasteiger partial charge in [-0.2, -0.15) is 0 Å². The van der Waals surface area contributed by atoms with Gasteiger partial charge in [-0.1, -0.05) is 6.92 Å². The number of carbonyl (C=O) groups excluding carboxylic acids is 1. The van der Waals surface area contributed by atoms with Crippen LogP contribution in [0.15, 0.2) is 17.6 Å². The van der Waals surface area contributed by atoms with Crippen molar-refractivity contribution in [1.82, 2.24) is 15.2 Å². The largest absolute Gasteiger partial charge is 0.331 e. The summed E-state index contributed by atoms with van der Waals surface area (Å²) >= 11 is 3.40.